The van der Waals surface area contributed by atoms with Crippen molar-refractivity contribution in [3.63, 3.8) is 0 Å². The molecule has 1 saturated carbocycles. The fourth-order valence-corrected chi connectivity index (χ4v) is 3.11. The molecule has 0 aliphatic heterocycles. The zero-order chi connectivity index (χ0) is 15.1. The van der Waals surface area contributed by atoms with E-state index in [9.17, 15) is 4.79 Å². The Labute approximate surface area is 136 Å². The van der Waals surface area contributed by atoms with Crippen LogP contribution in [0.3, 0.4) is 0 Å². The standard InChI is InChI=1S/C13H11Cl3N4O/c14-8-10(17)9(15)12(16)18-11(8)13(21)20-19-7-4-5-2-1-3-6(5)7/h1-2,5-6H,3-4H2,(H2,17,18)(H,20,21)/b19-7+/t5-,6-/m0/s1. The van der Waals surface area contributed by atoms with Gasteiger partial charge in [-0.3, -0.25) is 4.79 Å². The van der Waals surface area contributed by atoms with Gasteiger partial charge in [-0.15, -0.1) is 0 Å². The first kappa shape index (κ1) is 14.6. The Morgan fingerprint density at radius 2 is 2.14 bits per heavy atom. The molecule has 1 aromatic rings. The molecule has 2 aliphatic carbocycles. The van der Waals surface area contributed by atoms with Gasteiger partial charge in [-0.1, -0.05) is 47.0 Å². The molecule has 0 bridgehead atoms. The fourth-order valence-electron chi connectivity index (χ4n) is 2.52. The van der Waals surface area contributed by atoms with E-state index in [2.05, 4.69) is 27.7 Å². The van der Waals surface area contributed by atoms with Crippen molar-refractivity contribution in [1.82, 2.24) is 10.4 Å². The summed E-state index contributed by atoms with van der Waals surface area (Å²) in [7, 11) is 0. The van der Waals surface area contributed by atoms with Gasteiger partial charge in [0.25, 0.3) is 5.91 Å². The van der Waals surface area contributed by atoms with E-state index in [0.29, 0.717) is 11.8 Å². The number of allylic oxidation sites excluding steroid dienone is 2. The van der Waals surface area contributed by atoms with Gasteiger partial charge in [-0.05, 0) is 18.8 Å². The Hall–Kier alpha value is -1.30. The number of aromatic nitrogens is 1. The molecule has 1 amide bonds. The van der Waals surface area contributed by atoms with Gasteiger partial charge < -0.3 is 5.73 Å². The van der Waals surface area contributed by atoms with Crippen molar-refractivity contribution in [3.05, 3.63) is 33.0 Å². The summed E-state index contributed by atoms with van der Waals surface area (Å²) in [6.45, 7) is 0. The lowest BCUT2D eigenvalue weighted by atomic mass is 9.74. The second-order valence-electron chi connectivity index (χ2n) is 4.98. The smallest absolute Gasteiger partial charge is 0.291 e. The highest BCUT2D eigenvalue weighted by molar-refractivity contribution is 6.46. The predicted molar refractivity (Wildman–Crippen MR) is 83.9 cm³/mol. The fraction of sp³-hybridized carbons (Fsp3) is 0.308. The van der Waals surface area contributed by atoms with Crippen molar-refractivity contribution < 1.29 is 4.79 Å². The Bertz CT molecular complexity index is 686. The number of rotatable bonds is 2. The maximum atomic E-state index is 12.1. The zero-order valence-corrected chi connectivity index (χ0v) is 13.0. The van der Waals surface area contributed by atoms with E-state index in [-0.39, 0.29) is 26.6 Å². The van der Waals surface area contributed by atoms with E-state index >= 15 is 0 Å². The van der Waals surface area contributed by atoms with Gasteiger partial charge in [0.05, 0.1) is 10.7 Å². The number of nitrogens with one attached hydrogen (secondary N) is 1. The number of pyridine rings is 1. The molecule has 0 spiro atoms. The Morgan fingerprint density at radius 1 is 1.38 bits per heavy atom. The molecule has 1 aromatic heterocycles. The van der Waals surface area contributed by atoms with E-state index in [4.69, 9.17) is 40.5 Å². The minimum absolute atomic E-state index is 0.0276. The van der Waals surface area contributed by atoms with Gasteiger partial charge in [0, 0.05) is 11.6 Å². The molecule has 3 N–H and O–H groups in total. The largest absolute Gasteiger partial charge is 0.396 e. The number of anilines is 1. The molecule has 2 aliphatic rings. The van der Waals surface area contributed by atoms with Crippen LogP contribution in [-0.2, 0) is 0 Å². The van der Waals surface area contributed by atoms with Crippen LogP contribution in [0.15, 0.2) is 17.3 Å². The van der Waals surface area contributed by atoms with Gasteiger partial charge in [0.2, 0.25) is 0 Å². The number of fused-ring (bicyclic) bond motifs is 1. The third-order valence-electron chi connectivity index (χ3n) is 3.75. The predicted octanol–water partition coefficient (Wildman–Crippen LogP) is 3.31. The first-order valence-corrected chi connectivity index (χ1v) is 7.46. The molecule has 8 heteroatoms. The number of nitrogens with zero attached hydrogens (tertiary/aromatic N) is 2. The van der Waals surface area contributed by atoms with Crippen LogP contribution in [0, 0.1) is 11.8 Å². The molecule has 2 atom stereocenters. The van der Waals surface area contributed by atoms with Crippen LogP contribution in [0.25, 0.3) is 0 Å². The molecule has 0 aromatic carbocycles. The van der Waals surface area contributed by atoms with Crippen molar-refractivity contribution in [2.75, 3.05) is 5.73 Å². The second-order valence-corrected chi connectivity index (χ2v) is 6.09. The Kier molecular flexibility index (Phi) is 3.82. The molecule has 0 unspecified atom stereocenters. The molecular formula is C13H11Cl3N4O. The maximum absolute atomic E-state index is 12.1. The average molecular weight is 346 g/mol. The van der Waals surface area contributed by atoms with Crippen LogP contribution in [0.2, 0.25) is 15.2 Å². The summed E-state index contributed by atoms with van der Waals surface area (Å²) in [5.41, 5.74) is 9.03. The van der Waals surface area contributed by atoms with Crippen molar-refractivity contribution in [3.8, 4) is 0 Å². The Morgan fingerprint density at radius 3 is 2.86 bits per heavy atom. The minimum atomic E-state index is -0.563. The second kappa shape index (κ2) is 5.48. The molecule has 0 saturated heterocycles. The van der Waals surface area contributed by atoms with Crippen molar-refractivity contribution >= 4 is 52.1 Å². The summed E-state index contributed by atoms with van der Waals surface area (Å²) in [6.07, 6.45) is 6.16. The molecule has 110 valence electrons. The van der Waals surface area contributed by atoms with Crippen molar-refractivity contribution in [2.45, 2.75) is 12.8 Å². The lowest BCUT2D eigenvalue weighted by Crippen LogP contribution is -2.35. The Balaban J connectivity index is 1.76. The summed E-state index contributed by atoms with van der Waals surface area (Å²) in [4.78, 5) is 15.9. The number of nitrogens with two attached hydrogens (primary N) is 1. The topological polar surface area (TPSA) is 80.4 Å². The average Bonchev–Trinajstić information content (AvgIpc) is 2.82. The number of amides is 1. The van der Waals surface area contributed by atoms with Gasteiger partial charge in [-0.2, -0.15) is 5.10 Å². The van der Waals surface area contributed by atoms with Gasteiger partial charge in [0.1, 0.15) is 5.02 Å². The van der Waals surface area contributed by atoms with Crippen LogP contribution < -0.4 is 11.2 Å². The first-order chi connectivity index (χ1) is 9.99. The van der Waals surface area contributed by atoms with E-state index in [1.54, 1.807) is 0 Å². The number of nitrogen functional groups attached to an aromatic ring is 1. The van der Waals surface area contributed by atoms with E-state index < -0.39 is 5.91 Å². The quantitative estimate of drug-likeness (QED) is 0.490. The lowest BCUT2D eigenvalue weighted by molar-refractivity contribution is 0.0949. The van der Waals surface area contributed by atoms with E-state index in [1.807, 2.05) is 0 Å². The maximum Gasteiger partial charge on any atom is 0.291 e. The highest BCUT2D eigenvalue weighted by Crippen LogP contribution is 2.40. The minimum Gasteiger partial charge on any atom is -0.396 e. The molecule has 1 fully saturated rings. The van der Waals surface area contributed by atoms with E-state index in [1.165, 1.54) is 0 Å². The van der Waals surface area contributed by atoms with Crippen LogP contribution in [-0.4, -0.2) is 16.6 Å². The highest BCUT2D eigenvalue weighted by Gasteiger charge is 2.38. The third kappa shape index (κ3) is 2.50. The molecule has 3 rings (SSSR count). The first-order valence-electron chi connectivity index (χ1n) is 6.32. The number of carbonyl (C=O) groups excluding carboxylic acids is 1. The van der Waals surface area contributed by atoms with Crippen LogP contribution in [0.1, 0.15) is 23.3 Å². The van der Waals surface area contributed by atoms with Crippen LogP contribution in [0.4, 0.5) is 5.69 Å². The van der Waals surface area contributed by atoms with Gasteiger partial charge >= 0.3 is 0 Å². The molecule has 21 heavy (non-hydrogen) atoms. The highest BCUT2D eigenvalue weighted by atomic mass is 35.5. The van der Waals surface area contributed by atoms with Gasteiger partial charge in [0.15, 0.2) is 10.8 Å². The molecule has 0 radical (unpaired) electrons. The monoisotopic (exact) mass is 344 g/mol. The number of hydrogen-bond donors (Lipinski definition) is 2. The van der Waals surface area contributed by atoms with Gasteiger partial charge in [-0.25, -0.2) is 10.4 Å². The number of halogens is 3. The normalized spacial score (nSPS) is 24.8. The molecule has 1 heterocycles. The number of hydrogen-bond acceptors (Lipinski definition) is 4. The molecule has 5 nitrogen and oxygen atoms in total. The summed E-state index contributed by atoms with van der Waals surface area (Å²) in [6, 6.07) is 0. The van der Waals surface area contributed by atoms with Crippen LogP contribution >= 0.6 is 34.8 Å². The number of hydrazone groups is 1. The lowest BCUT2D eigenvalue weighted by Gasteiger charge is -2.31. The SMILES string of the molecule is Nc1c(Cl)c(Cl)nc(C(=O)N/N=C2\C[C@@H]3C=CC[C@H]23)c1Cl. The summed E-state index contributed by atoms with van der Waals surface area (Å²) in [5, 5.41) is 4.06. The zero-order valence-electron chi connectivity index (χ0n) is 10.7. The summed E-state index contributed by atoms with van der Waals surface area (Å²) >= 11 is 17.6. The number of carbonyl (C=O) groups is 1. The summed E-state index contributed by atoms with van der Waals surface area (Å²) in [5.74, 6) is 0.405. The van der Waals surface area contributed by atoms with Crippen molar-refractivity contribution in [1.29, 1.82) is 0 Å². The third-order valence-corrected chi connectivity index (χ3v) is 4.89. The van der Waals surface area contributed by atoms with Crippen LogP contribution in [0.5, 0.6) is 0 Å². The summed E-state index contributed by atoms with van der Waals surface area (Å²) < 4.78 is 0. The van der Waals surface area contributed by atoms with Crippen molar-refractivity contribution in [2.24, 2.45) is 16.9 Å². The van der Waals surface area contributed by atoms with E-state index in [0.717, 1.165) is 18.6 Å². The molecular weight excluding hydrogens is 335 g/mol.